The molecule has 0 aliphatic rings. The lowest BCUT2D eigenvalue weighted by atomic mass is 10.2. The van der Waals surface area contributed by atoms with Crippen LogP contribution in [0.1, 0.15) is 20.8 Å². The monoisotopic (exact) mass is 231 g/mol. The van der Waals surface area contributed by atoms with Crippen molar-refractivity contribution in [2.45, 2.75) is 52.1 Å². The van der Waals surface area contributed by atoms with Gasteiger partial charge in [0.25, 0.3) is 0 Å². The molecule has 89 valence electrons. The third-order valence-electron chi connectivity index (χ3n) is 1.56. The molecule has 0 aromatic carbocycles. The van der Waals surface area contributed by atoms with Crippen molar-refractivity contribution in [1.29, 1.82) is 0 Å². The molecule has 0 aromatic rings. The molecule has 0 amide bonds. The number of rotatable bonds is 5. The molecule has 15 heavy (non-hydrogen) atoms. The zero-order valence-corrected chi connectivity index (χ0v) is 11.7. The van der Waals surface area contributed by atoms with Gasteiger partial charge in [-0.15, -0.1) is 0 Å². The van der Waals surface area contributed by atoms with Gasteiger partial charge in [0.05, 0.1) is 0 Å². The Labute approximate surface area is 94.2 Å². The van der Waals surface area contributed by atoms with Crippen molar-refractivity contribution in [2.75, 3.05) is 6.61 Å². The summed E-state index contributed by atoms with van der Waals surface area (Å²) < 4.78 is 10.2. The van der Waals surface area contributed by atoms with Crippen LogP contribution >= 0.6 is 0 Å². The minimum Gasteiger partial charge on any atom is -0.458 e. The van der Waals surface area contributed by atoms with Crippen LogP contribution in [0.3, 0.4) is 0 Å². The summed E-state index contributed by atoms with van der Waals surface area (Å²) in [4.78, 5) is 11.2. The van der Waals surface area contributed by atoms with E-state index in [1.807, 2.05) is 20.8 Å². The van der Waals surface area contributed by atoms with Crippen LogP contribution in [0.25, 0.3) is 0 Å². The highest BCUT2D eigenvalue weighted by molar-refractivity contribution is 6.76. The Bertz CT molecular complexity index is 201. The molecule has 0 fully saturated rings. The number of hydrogen-bond donors (Lipinski definition) is 0. The summed E-state index contributed by atoms with van der Waals surface area (Å²) in [6.45, 7) is 14.1. The quantitative estimate of drug-likeness (QED) is 0.414. The van der Waals surface area contributed by atoms with E-state index in [9.17, 15) is 4.79 Å². The minimum atomic E-state index is -1.07. The predicted octanol–water partition coefficient (Wildman–Crippen LogP) is 2.84. The molecule has 0 spiro atoms. The SMILES string of the molecule is CC(C)(C)OC(=O)[CH]OCC[Si](C)(C)C. The van der Waals surface area contributed by atoms with Crippen molar-refractivity contribution >= 4 is 14.0 Å². The van der Waals surface area contributed by atoms with Gasteiger partial charge in [-0.2, -0.15) is 0 Å². The maximum atomic E-state index is 11.2. The van der Waals surface area contributed by atoms with Crippen LogP contribution in [0.15, 0.2) is 0 Å². The molecule has 0 heterocycles. The summed E-state index contributed by atoms with van der Waals surface area (Å²) in [7, 11) is -1.07. The molecule has 3 nitrogen and oxygen atoms in total. The van der Waals surface area contributed by atoms with Crippen molar-refractivity contribution in [3.8, 4) is 0 Å². The topological polar surface area (TPSA) is 35.5 Å². The van der Waals surface area contributed by atoms with Gasteiger partial charge in [-0.25, -0.2) is 4.79 Å². The lowest BCUT2D eigenvalue weighted by Gasteiger charge is -2.19. The molecule has 0 saturated carbocycles. The summed E-state index contributed by atoms with van der Waals surface area (Å²) >= 11 is 0. The van der Waals surface area contributed by atoms with Gasteiger partial charge in [0.2, 0.25) is 0 Å². The number of carbonyl (C=O) groups is 1. The second-order valence-corrected chi connectivity index (χ2v) is 11.5. The molecule has 0 rings (SSSR count). The van der Waals surface area contributed by atoms with Crippen LogP contribution < -0.4 is 0 Å². The molecule has 0 saturated heterocycles. The van der Waals surface area contributed by atoms with E-state index in [0.717, 1.165) is 6.04 Å². The van der Waals surface area contributed by atoms with E-state index >= 15 is 0 Å². The van der Waals surface area contributed by atoms with Crippen molar-refractivity contribution in [3.05, 3.63) is 6.61 Å². The Morgan fingerprint density at radius 1 is 1.27 bits per heavy atom. The highest BCUT2D eigenvalue weighted by Gasteiger charge is 2.17. The standard InChI is InChI=1S/C11H23O3Si/c1-11(2,3)14-10(12)9-13-7-8-15(4,5)6/h9H,7-8H2,1-6H3. The van der Waals surface area contributed by atoms with Crippen molar-refractivity contribution < 1.29 is 14.3 Å². The largest absolute Gasteiger partial charge is 0.458 e. The molecule has 0 unspecified atom stereocenters. The van der Waals surface area contributed by atoms with Crippen LogP contribution in [0.4, 0.5) is 0 Å². The highest BCUT2D eigenvalue weighted by Crippen LogP contribution is 2.10. The Hall–Kier alpha value is -0.353. The van der Waals surface area contributed by atoms with E-state index in [-0.39, 0.29) is 0 Å². The molecular formula is C11H23O3Si. The van der Waals surface area contributed by atoms with Crippen LogP contribution in [0.5, 0.6) is 0 Å². The average Bonchev–Trinajstić information content (AvgIpc) is 1.92. The molecule has 1 radical (unpaired) electrons. The molecule has 0 atom stereocenters. The molecule has 0 bridgehead atoms. The van der Waals surface area contributed by atoms with Gasteiger partial charge in [-0.3, -0.25) is 0 Å². The van der Waals surface area contributed by atoms with Gasteiger partial charge < -0.3 is 9.47 Å². The lowest BCUT2D eigenvalue weighted by Crippen LogP contribution is -2.25. The Balaban J connectivity index is 3.57. The molecule has 0 aromatic heterocycles. The fraction of sp³-hybridized carbons (Fsp3) is 0.818. The average molecular weight is 231 g/mol. The minimum absolute atomic E-state index is 0.405. The van der Waals surface area contributed by atoms with Crippen LogP contribution in [-0.4, -0.2) is 26.3 Å². The molecule has 0 aliphatic carbocycles. The van der Waals surface area contributed by atoms with Crippen LogP contribution in [-0.2, 0) is 14.3 Å². The van der Waals surface area contributed by atoms with E-state index in [2.05, 4.69) is 19.6 Å². The first-order chi connectivity index (χ1) is 6.60. The first-order valence-corrected chi connectivity index (χ1v) is 8.99. The number of ether oxygens (including phenoxy) is 2. The summed E-state index contributed by atoms with van der Waals surface area (Å²) in [6, 6.07) is 1.05. The molecular weight excluding hydrogens is 208 g/mol. The zero-order valence-electron chi connectivity index (χ0n) is 10.7. The van der Waals surface area contributed by atoms with E-state index in [1.165, 1.54) is 6.61 Å². The van der Waals surface area contributed by atoms with Crippen LogP contribution in [0, 0.1) is 6.61 Å². The Morgan fingerprint density at radius 2 is 1.80 bits per heavy atom. The molecule has 0 aliphatic heterocycles. The normalized spacial score (nSPS) is 12.7. The fourth-order valence-electron chi connectivity index (χ4n) is 0.818. The van der Waals surface area contributed by atoms with Gasteiger partial charge in [0, 0.05) is 14.7 Å². The van der Waals surface area contributed by atoms with Crippen LogP contribution in [0.2, 0.25) is 25.7 Å². The van der Waals surface area contributed by atoms with E-state index in [1.54, 1.807) is 0 Å². The summed E-state index contributed by atoms with van der Waals surface area (Å²) in [6.07, 6.45) is 0. The Kier molecular flexibility index (Phi) is 5.52. The van der Waals surface area contributed by atoms with Gasteiger partial charge in [0.1, 0.15) is 5.60 Å². The first kappa shape index (κ1) is 14.6. The van der Waals surface area contributed by atoms with Gasteiger partial charge >= 0.3 is 5.97 Å². The third kappa shape index (κ3) is 11.6. The number of hydrogen-bond acceptors (Lipinski definition) is 3. The predicted molar refractivity (Wildman–Crippen MR) is 64.3 cm³/mol. The maximum Gasteiger partial charge on any atom is 0.339 e. The molecule has 0 N–H and O–H groups in total. The smallest absolute Gasteiger partial charge is 0.339 e. The number of carbonyl (C=O) groups excluding carboxylic acids is 1. The van der Waals surface area contributed by atoms with Crippen molar-refractivity contribution in [1.82, 2.24) is 0 Å². The summed E-state index contributed by atoms with van der Waals surface area (Å²) in [5.74, 6) is -0.405. The lowest BCUT2D eigenvalue weighted by molar-refractivity contribution is -0.154. The van der Waals surface area contributed by atoms with Gasteiger partial charge in [-0.1, -0.05) is 19.6 Å². The number of esters is 1. The van der Waals surface area contributed by atoms with Gasteiger partial charge in [-0.05, 0) is 26.8 Å². The van der Waals surface area contributed by atoms with E-state index in [0.29, 0.717) is 6.61 Å². The van der Waals surface area contributed by atoms with Crippen molar-refractivity contribution in [2.24, 2.45) is 0 Å². The van der Waals surface area contributed by atoms with Gasteiger partial charge in [0.15, 0.2) is 6.61 Å². The molecule has 4 heteroatoms. The fourth-order valence-corrected chi connectivity index (χ4v) is 1.55. The summed E-state index contributed by atoms with van der Waals surface area (Å²) in [5, 5.41) is 0. The highest BCUT2D eigenvalue weighted by atomic mass is 28.3. The zero-order chi connectivity index (χ0) is 12.1. The van der Waals surface area contributed by atoms with Crippen molar-refractivity contribution in [3.63, 3.8) is 0 Å². The van der Waals surface area contributed by atoms with E-state index < -0.39 is 19.6 Å². The second kappa shape index (κ2) is 5.65. The summed E-state index contributed by atoms with van der Waals surface area (Å²) in [5.41, 5.74) is -0.449. The Morgan fingerprint density at radius 3 is 2.20 bits per heavy atom. The van der Waals surface area contributed by atoms with E-state index in [4.69, 9.17) is 9.47 Å². The first-order valence-electron chi connectivity index (χ1n) is 5.28. The second-order valence-electron chi connectivity index (χ2n) is 5.83. The third-order valence-corrected chi connectivity index (χ3v) is 3.26. The maximum absolute atomic E-state index is 11.2.